The maximum absolute atomic E-state index is 11.5. The Labute approximate surface area is 94.9 Å². The number of carboxylic acid groups (broad SMARTS) is 1. The van der Waals surface area contributed by atoms with Gasteiger partial charge in [0.1, 0.15) is 11.7 Å². The molecule has 0 unspecified atom stereocenters. The van der Waals surface area contributed by atoms with Crippen molar-refractivity contribution in [3.63, 3.8) is 0 Å². The molecule has 88 valence electrons. The van der Waals surface area contributed by atoms with Gasteiger partial charge in [0.25, 0.3) is 5.91 Å². The largest absolute Gasteiger partial charge is 0.480 e. The van der Waals surface area contributed by atoms with Gasteiger partial charge < -0.3 is 21.3 Å². The van der Waals surface area contributed by atoms with E-state index in [1.807, 2.05) is 0 Å². The standard InChI is InChI=1S/C8H11N3O4S/c9-8-11-5(3-16-8)6(13)10-4(1-2-12)7(14)15/h3-4,12H,1-2H2,(H2,9,11)(H,10,13)(H,14,15)/t4-/m0/s1. The summed E-state index contributed by atoms with van der Waals surface area (Å²) in [7, 11) is 0. The van der Waals surface area contributed by atoms with Crippen LogP contribution in [-0.2, 0) is 4.79 Å². The van der Waals surface area contributed by atoms with Crippen molar-refractivity contribution in [2.24, 2.45) is 0 Å². The summed E-state index contributed by atoms with van der Waals surface area (Å²) in [5.41, 5.74) is 5.41. The number of nitrogens with zero attached hydrogens (tertiary/aromatic N) is 1. The molecule has 0 aromatic carbocycles. The molecule has 16 heavy (non-hydrogen) atoms. The fourth-order valence-corrected chi connectivity index (χ4v) is 1.55. The van der Waals surface area contributed by atoms with Crippen LogP contribution < -0.4 is 11.1 Å². The summed E-state index contributed by atoms with van der Waals surface area (Å²) < 4.78 is 0. The lowest BCUT2D eigenvalue weighted by molar-refractivity contribution is -0.139. The van der Waals surface area contributed by atoms with E-state index in [1.165, 1.54) is 5.38 Å². The van der Waals surface area contributed by atoms with Gasteiger partial charge in [0.15, 0.2) is 5.13 Å². The van der Waals surface area contributed by atoms with Crippen molar-refractivity contribution in [2.45, 2.75) is 12.5 Å². The van der Waals surface area contributed by atoms with Gasteiger partial charge in [0.2, 0.25) is 0 Å². The summed E-state index contributed by atoms with van der Waals surface area (Å²) in [6, 6.07) is -1.12. The first-order valence-electron chi connectivity index (χ1n) is 4.40. The summed E-state index contributed by atoms with van der Waals surface area (Å²) in [5.74, 6) is -1.82. The van der Waals surface area contributed by atoms with E-state index in [0.717, 1.165) is 11.3 Å². The van der Waals surface area contributed by atoms with E-state index in [1.54, 1.807) is 0 Å². The van der Waals surface area contributed by atoms with Crippen molar-refractivity contribution in [1.82, 2.24) is 10.3 Å². The van der Waals surface area contributed by atoms with Gasteiger partial charge in [-0.25, -0.2) is 9.78 Å². The Morgan fingerprint density at radius 2 is 2.31 bits per heavy atom. The molecular weight excluding hydrogens is 234 g/mol. The number of rotatable bonds is 5. The summed E-state index contributed by atoms with van der Waals surface area (Å²) >= 11 is 1.09. The lowest BCUT2D eigenvalue weighted by atomic mass is 10.2. The molecule has 1 aromatic heterocycles. The summed E-state index contributed by atoms with van der Waals surface area (Å²) in [6.45, 7) is -0.323. The van der Waals surface area contributed by atoms with Crippen molar-refractivity contribution in [3.8, 4) is 0 Å². The maximum atomic E-state index is 11.5. The lowest BCUT2D eigenvalue weighted by Crippen LogP contribution is -2.41. The molecule has 0 spiro atoms. The molecule has 0 saturated heterocycles. The highest BCUT2D eigenvalue weighted by Crippen LogP contribution is 2.11. The Kier molecular flexibility index (Phi) is 4.20. The number of aliphatic carboxylic acids is 1. The fraction of sp³-hybridized carbons (Fsp3) is 0.375. The van der Waals surface area contributed by atoms with Crippen LogP contribution in [0.15, 0.2) is 5.38 Å². The number of hydrogen-bond donors (Lipinski definition) is 4. The van der Waals surface area contributed by atoms with Crippen LogP contribution in [0.2, 0.25) is 0 Å². The van der Waals surface area contributed by atoms with Gasteiger partial charge in [-0.15, -0.1) is 11.3 Å². The first-order chi connectivity index (χ1) is 7.54. The molecule has 0 aliphatic heterocycles. The van der Waals surface area contributed by atoms with Crippen molar-refractivity contribution in [3.05, 3.63) is 11.1 Å². The number of anilines is 1. The van der Waals surface area contributed by atoms with E-state index >= 15 is 0 Å². The minimum atomic E-state index is -1.20. The summed E-state index contributed by atoms with van der Waals surface area (Å²) in [5, 5.41) is 21.3. The molecule has 7 nitrogen and oxygen atoms in total. The number of aliphatic hydroxyl groups excluding tert-OH is 1. The highest BCUT2D eigenvalue weighted by molar-refractivity contribution is 7.13. The monoisotopic (exact) mass is 245 g/mol. The van der Waals surface area contributed by atoms with Crippen LogP contribution in [0.5, 0.6) is 0 Å². The number of nitrogen functional groups attached to an aromatic ring is 1. The molecule has 1 heterocycles. The van der Waals surface area contributed by atoms with Gasteiger partial charge in [-0.2, -0.15) is 0 Å². The van der Waals surface area contributed by atoms with E-state index in [2.05, 4.69) is 10.3 Å². The van der Waals surface area contributed by atoms with Gasteiger partial charge in [-0.1, -0.05) is 0 Å². The zero-order valence-corrected chi connectivity index (χ0v) is 9.03. The zero-order valence-electron chi connectivity index (χ0n) is 8.21. The Balaban J connectivity index is 2.65. The van der Waals surface area contributed by atoms with Crippen molar-refractivity contribution in [2.75, 3.05) is 12.3 Å². The Morgan fingerprint density at radius 3 is 2.75 bits per heavy atom. The third-order valence-electron chi connectivity index (χ3n) is 1.78. The second kappa shape index (κ2) is 5.42. The Morgan fingerprint density at radius 1 is 1.62 bits per heavy atom. The van der Waals surface area contributed by atoms with E-state index in [-0.39, 0.29) is 23.9 Å². The fourth-order valence-electron chi connectivity index (χ4n) is 1.01. The van der Waals surface area contributed by atoms with Crippen LogP contribution in [0.3, 0.4) is 0 Å². The van der Waals surface area contributed by atoms with Crippen molar-refractivity contribution < 1.29 is 19.8 Å². The van der Waals surface area contributed by atoms with E-state index in [4.69, 9.17) is 15.9 Å². The molecule has 1 amide bonds. The number of carbonyl (C=O) groups excluding carboxylic acids is 1. The molecule has 0 saturated carbocycles. The Hall–Kier alpha value is -1.67. The lowest BCUT2D eigenvalue weighted by Gasteiger charge is -2.11. The Bertz CT molecular complexity index is 392. The van der Waals surface area contributed by atoms with Gasteiger partial charge in [-0.05, 0) is 0 Å². The number of carbonyl (C=O) groups is 2. The number of nitrogens with two attached hydrogens (primary N) is 1. The molecule has 1 rings (SSSR count). The number of aromatic nitrogens is 1. The molecule has 0 radical (unpaired) electrons. The van der Waals surface area contributed by atoms with Crippen LogP contribution in [-0.4, -0.2) is 39.7 Å². The van der Waals surface area contributed by atoms with Gasteiger partial charge in [0.05, 0.1) is 0 Å². The highest BCUT2D eigenvalue weighted by Gasteiger charge is 2.21. The molecule has 0 fully saturated rings. The first-order valence-corrected chi connectivity index (χ1v) is 5.28. The molecule has 0 aliphatic carbocycles. The first kappa shape index (κ1) is 12.4. The van der Waals surface area contributed by atoms with Crippen LogP contribution in [0.4, 0.5) is 5.13 Å². The van der Waals surface area contributed by atoms with Crippen LogP contribution >= 0.6 is 11.3 Å². The number of nitrogens with one attached hydrogen (secondary N) is 1. The number of carboxylic acids is 1. The molecule has 0 aliphatic rings. The number of amides is 1. The van der Waals surface area contributed by atoms with Gasteiger partial charge >= 0.3 is 5.97 Å². The highest BCUT2D eigenvalue weighted by atomic mass is 32.1. The van der Waals surface area contributed by atoms with Gasteiger partial charge in [0, 0.05) is 18.4 Å². The second-order valence-corrected chi connectivity index (χ2v) is 3.84. The van der Waals surface area contributed by atoms with Crippen LogP contribution in [0.1, 0.15) is 16.9 Å². The number of hydrogen-bond acceptors (Lipinski definition) is 6. The SMILES string of the molecule is Nc1nc(C(=O)N[C@@H](CCO)C(=O)O)cs1. The minimum Gasteiger partial charge on any atom is -0.480 e. The molecule has 8 heteroatoms. The molecular formula is C8H11N3O4S. The normalized spacial score (nSPS) is 12.1. The van der Waals surface area contributed by atoms with Crippen LogP contribution in [0.25, 0.3) is 0 Å². The average molecular weight is 245 g/mol. The smallest absolute Gasteiger partial charge is 0.326 e. The topological polar surface area (TPSA) is 126 Å². The van der Waals surface area contributed by atoms with E-state index < -0.39 is 17.9 Å². The molecule has 1 atom stereocenters. The number of aliphatic hydroxyl groups is 1. The predicted octanol–water partition coefficient (Wildman–Crippen LogP) is -0.709. The zero-order chi connectivity index (χ0) is 12.1. The number of thiazole rings is 1. The van der Waals surface area contributed by atoms with Crippen molar-refractivity contribution in [1.29, 1.82) is 0 Å². The summed E-state index contributed by atoms with van der Waals surface area (Å²) in [6.07, 6.45) is -0.0549. The van der Waals surface area contributed by atoms with Crippen LogP contribution in [0, 0.1) is 0 Å². The summed E-state index contributed by atoms with van der Waals surface area (Å²) in [4.78, 5) is 25.9. The van der Waals surface area contributed by atoms with Gasteiger partial charge in [-0.3, -0.25) is 4.79 Å². The maximum Gasteiger partial charge on any atom is 0.326 e. The molecule has 0 bridgehead atoms. The quantitative estimate of drug-likeness (QED) is 0.543. The second-order valence-electron chi connectivity index (χ2n) is 2.95. The third-order valence-corrected chi connectivity index (χ3v) is 2.45. The van der Waals surface area contributed by atoms with Crippen molar-refractivity contribution >= 4 is 28.3 Å². The predicted molar refractivity (Wildman–Crippen MR) is 57.1 cm³/mol. The molecule has 1 aromatic rings. The van der Waals surface area contributed by atoms with E-state index in [0.29, 0.717) is 0 Å². The molecule has 5 N–H and O–H groups in total. The third kappa shape index (κ3) is 3.17. The van der Waals surface area contributed by atoms with E-state index in [9.17, 15) is 9.59 Å². The minimum absolute atomic E-state index is 0.0549. The average Bonchev–Trinajstić information content (AvgIpc) is 2.64.